The van der Waals surface area contributed by atoms with Crippen molar-refractivity contribution in [2.24, 2.45) is 0 Å². The van der Waals surface area contributed by atoms with Crippen LogP contribution < -0.4 is 15.4 Å². The lowest BCUT2D eigenvalue weighted by atomic mass is 9.86. The third-order valence-corrected chi connectivity index (χ3v) is 3.93. The van der Waals surface area contributed by atoms with Crippen LogP contribution in [-0.4, -0.2) is 43.1 Å². The maximum Gasteiger partial charge on any atom is 0.324 e. The fourth-order valence-electron chi connectivity index (χ4n) is 2.50. The van der Waals surface area contributed by atoms with Gasteiger partial charge in [-0.2, -0.15) is 0 Å². The lowest BCUT2D eigenvalue weighted by molar-refractivity contribution is -0.128. The zero-order valence-corrected chi connectivity index (χ0v) is 14.4. The second-order valence-corrected chi connectivity index (χ2v) is 6.75. The minimum Gasteiger partial charge on any atom is -0.495 e. The van der Waals surface area contributed by atoms with Gasteiger partial charge in [0.05, 0.1) is 12.8 Å². The van der Waals surface area contributed by atoms with E-state index in [9.17, 15) is 9.59 Å². The van der Waals surface area contributed by atoms with E-state index in [0.29, 0.717) is 18.8 Å². The van der Waals surface area contributed by atoms with Crippen LogP contribution in [0, 0.1) is 0 Å². The van der Waals surface area contributed by atoms with Gasteiger partial charge in [0.1, 0.15) is 11.8 Å². The zero-order valence-electron chi connectivity index (χ0n) is 14.4. The highest BCUT2D eigenvalue weighted by molar-refractivity contribution is 5.99. The van der Waals surface area contributed by atoms with Gasteiger partial charge in [-0.3, -0.25) is 9.69 Å². The number of urea groups is 1. The summed E-state index contributed by atoms with van der Waals surface area (Å²) in [5.74, 6) is 0.423. The highest BCUT2D eigenvalue weighted by Crippen LogP contribution is 2.31. The maximum atomic E-state index is 12.4. The molecule has 1 fully saturated rings. The van der Waals surface area contributed by atoms with E-state index in [1.165, 1.54) is 4.90 Å². The van der Waals surface area contributed by atoms with Crippen molar-refractivity contribution in [3.8, 4) is 5.75 Å². The van der Waals surface area contributed by atoms with Gasteiger partial charge in [0, 0.05) is 13.1 Å². The molecule has 1 aliphatic heterocycles. The van der Waals surface area contributed by atoms with Crippen molar-refractivity contribution in [1.82, 2.24) is 10.2 Å². The molecule has 2 N–H and O–H groups in total. The summed E-state index contributed by atoms with van der Waals surface area (Å²) in [4.78, 5) is 25.3. The number of methoxy groups -OCH3 is 1. The molecule has 1 aromatic rings. The highest BCUT2D eigenvalue weighted by atomic mass is 16.5. The topological polar surface area (TPSA) is 70.7 Å². The van der Waals surface area contributed by atoms with Gasteiger partial charge in [-0.05, 0) is 30.0 Å². The van der Waals surface area contributed by atoms with E-state index in [0.717, 1.165) is 11.3 Å². The molecular weight excluding hydrogens is 294 g/mol. The first-order valence-electron chi connectivity index (χ1n) is 7.78. The Kier molecular flexibility index (Phi) is 4.82. The van der Waals surface area contributed by atoms with Gasteiger partial charge < -0.3 is 15.4 Å². The molecule has 0 bridgehead atoms. The fourth-order valence-corrected chi connectivity index (χ4v) is 2.50. The predicted octanol–water partition coefficient (Wildman–Crippen LogP) is 2.34. The van der Waals surface area contributed by atoms with Gasteiger partial charge in [0.15, 0.2) is 0 Å². The minimum absolute atomic E-state index is 0.00914. The quantitative estimate of drug-likeness (QED) is 0.894. The van der Waals surface area contributed by atoms with E-state index in [-0.39, 0.29) is 17.4 Å². The summed E-state index contributed by atoms with van der Waals surface area (Å²) in [6, 6.07) is 5.04. The Morgan fingerprint density at radius 3 is 2.61 bits per heavy atom. The SMILES string of the molecule is COc1ccc(C(C)(C)C)cc1N[C@H](C)C(=O)N1CCNC1=O. The van der Waals surface area contributed by atoms with Crippen molar-refractivity contribution < 1.29 is 14.3 Å². The lowest BCUT2D eigenvalue weighted by Crippen LogP contribution is -2.43. The highest BCUT2D eigenvalue weighted by Gasteiger charge is 2.30. The summed E-state index contributed by atoms with van der Waals surface area (Å²) >= 11 is 0. The molecule has 2 rings (SSSR count). The predicted molar refractivity (Wildman–Crippen MR) is 89.9 cm³/mol. The number of nitrogens with zero attached hydrogens (tertiary/aromatic N) is 1. The van der Waals surface area contributed by atoms with Gasteiger partial charge in [-0.25, -0.2) is 4.79 Å². The minimum atomic E-state index is -0.525. The van der Waals surface area contributed by atoms with Gasteiger partial charge in [-0.1, -0.05) is 26.8 Å². The summed E-state index contributed by atoms with van der Waals surface area (Å²) in [5, 5.41) is 5.81. The number of imide groups is 1. The van der Waals surface area contributed by atoms with E-state index in [1.54, 1.807) is 14.0 Å². The first-order chi connectivity index (χ1) is 10.7. The molecule has 23 heavy (non-hydrogen) atoms. The molecule has 6 heteroatoms. The Bertz CT molecular complexity index is 608. The molecule has 126 valence electrons. The Hall–Kier alpha value is -2.24. The van der Waals surface area contributed by atoms with Crippen LogP contribution in [0.4, 0.5) is 10.5 Å². The molecule has 0 spiro atoms. The van der Waals surface area contributed by atoms with Gasteiger partial charge >= 0.3 is 6.03 Å². The maximum absolute atomic E-state index is 12.4. The van der Waals surface area contributed by atoms with Gasteiger partial charge in [0.25, 0.3) is 5.91 Å². The summed E-state index contributed by atoms with van der Waals surface area (Å²) in [6.45, 7) is 9.03. The lowest BCUT2D eigenvalue weighted by Gasteiger charge is -2.24. The molecule has 1 heterocycles. The van der Waals surface area contributed by atoms with Crippen LogP contribution in [0.2, 0.25) is 0 Å². The first-order valence-corrected chi connectivity index (χ1v) is 7.78. The van der Waals surface area contributed by atoms with Crippen molar-refractivity contribution in [1.29, 1.82) is 0 Å². The number of nitrogens with one attached hydrogen (secondary N) is 2. The van der Waals surface area contributed by atoms with Gasteiger partial charge in [0.2, 0.25) is 0 Å². The molecule has 0 saturated carbocycles. The van der Waals surface area contributed by atoms with E-state index < -0.39 is 6.04 Å². The molecule has 3 amide bonds. The van der Waals surface area contributed by atoms with Crippen LogP contribution in [0.15, 0.2) is 18.2 Å². The van der Waals surface area contributed by atoms with Crippen molar-refractivity contribution in [2.75, 3.05) is 25.5 Å². The van der Waals surface area contributed by atoms with E-state index in [2.05, 4.69) is 31.4 Å². The second kappa shape index (κ2) is 6.48. The average Bonchev–Trinajstić information content (AvgIpc) is 2.91. The largest absolute Gasteiger partial charge is 0.495 e. The van der Waals surface area contributed by atoms with Crippen LogP contribution in [0.5, 0.6) is 5.75 Å². The number of hydrogen-bond donors (Lipinski definition) is 2. The fraction of sp³-hybridized carbons (Fsp3) is 0.529. The average molecular weight is 319 g/mol. The molecular formula is C17H25N3O3. The summed E-state index contributed by atoms with van der Waals surface area (Å²) in [7, 11) is 1.59. The summed E-state index contributed by atoms with van der Waals surface area (Å²) < 4.78 is 5.37. The number of benzene rings is 1. The molecule has 1 aromatic carbocycles. The molecule has 0 aromatic heterocycles. The molecule has 1 saturated heterocycles. The number of hydrogen-bond acceptors (Lipinski definition) is 4. The Labute approximate surface area is 137 Å². The van der Waals surface area contributed by atoms with Crippen LogP contribution in [0.25, 0.3) is 0 Å². The summed E-state index contributed by atoms with van der Waals surface area (Å²) in [5.41, 5.74) is 1.88. The van der Waals surface area contributed by atoms with E-state index >= 15 is 0 Å². The van der Waals surface area contributed by atoms with Crippen molar-refractivity contribution in [2.45, 2.75) is 39.2 Å². The third-order valence-electron chi connectivity index (χ3n) is 3.93. The van der Waals surface area contributed by atoms with Crippen LogP contribution in [0.1, 0.15) is 33.3 Å². The molecule has 0 radical (unpaired) electrons. The number of carbonyl (C=O) groups excluding carboxylic acids is 2. The molecule has 1 aliphatic rings. The van der Waals surface area contributed by atoms with Crippen LogP contribution in [-0.2, 0) is 10.2 Å². The monoisotopic (exact) mass is 319 g/mol. The number of carbonyl (C=O) groups is 2. The first kappa shape index (κ1) is 17.1. The smallest absolute Gasteiger partial charge is 0.324 e. The molecule has 0 aliphatic carbocycles. The van der Waals surface area contributed by atoms with Crippen LogP contribution in [0.3, 0.4) is 0 Å². The third kappa shape index (κ3) is 3.75. The van der Waals surface area contributed by atoms with E-state index in [1.807, 2.05) is 18.2 Å². The Morgan fingerprint density at radius 2 is 2.09 bits per heavy atom. The second-order valence-electron chi connectivity index (χ2n) is 6.75. The number of anilines is 1. The zero-order chi connectivity index (χ0) is 17.2. The van der Waals surface area contributed by atoms with Crippen LogP contribution >= 0.6 is 0 Å². The number of amides is 3. The summed E-state index contributed by atoms with van der Waals surface area (Å²) in [6.07, 6.45) is 0. The normalized spacial score (nSPS) is 16.0. The Morgan fingerprint density at radius 1 is 1.39 bits per heavy atom. The van der Waals surface area contributed by atoms with Crippen molar-refractivity contribution in [3.05, 3.63) is 23.8 Å². The Balaban J connectivity index is 2.20. The van der Waals surface area contributed by atoms with E-state index in [4.69, 9.17) is 4.74 Å². The number of ether oxygens (including phenoxy) is 1. The standard InChI is InChI=1S/C17H25N3O3/c1-11(15(21)20-9-8-18-16(20)22)19-13-10-12(17(2,3)4)6-7-14(13)23-5/h6-7,10-11,19H,8-9H2,1-5H3,(H,18,22)/t11-/m1/s1. The van der Waals surface area contributed by atoms with Crippen molar-refractivity contribution >= 4 is 17.6 Å². The number of rotatable bonds is 4. The van der Waals surface area contributed by atoms with Crippen molar-refractivity contribution in [3.63, 3.8) is 0 Å². The van der Waals surface area contributed by atoms with Gasteiger partial charge in [-0.15, -0.1) is 0 Å². The molecule has 0 unspecified atom stereocenters. The molecule has 1 atom stereocenters. The molecule has 6 nitrogen and oxygen atoms in total.